The maximum atomic E-state index is 15.4. The van der Waals surface area contributed by atoms with Gasteiger partial charge in [-0.15, -0.1) is 0 Å². The number of ketones is 2. The second-order valence-corrected chi connectivity index (χ2v) is 24.1. The third-order valence-corrected chi connectivity index (χ3v) is 18.3. The van der Waals surface area contributed by atoms with Gasteiger partial charge in [0, 0.05) is 45.3 Å². The number of esters is 4. The molecular weight excluding hydrogens is 1270 g/mol. The second-order valence-electron chi connectivity index (χ2n) is 22.1. The predicted octanol–water partition coefficient (Wildman–Crippen LogP) is 12.3. The van der Waals surface area contributed by atoms with Crippen LogP contribution in [0.15, 0.2) is 244 Å². The Morgan fingerprint density at radius 1 is 0.515 bits per heavy atom. The quantitative estimate of drug-likeness (QED) is 0.0303. The molecule has 4 aliphatic carbocycles. The number of hydrogen-bond acceptors (Lipinski definition) is 22. The number of benzene rings is 5. The highest BCUT2D eigenvalue weighted by Crippen LogP contribution is 2.56. The van der Waals surface area contributed by atoms with E-state index in [1.165, 1.54) is 24.3 Å². The first-order valence-electron chi connectivity index (χ1n) is 29.9. The number of fused-ring (bicyclic) bond motifs is 8. The van der Waals surface area contributed by atoms with Crippen LogP contribution in [0.2, 0.25) is 0 Å². The van der Waals surface area contributed by atoms with E-state index in [0.717, 1.165) is 22.7 Å². The summed E-state index contributed by atoms with van der Waals surface area (Å²) >= 11 is 1.69. The number of ether oxygens (including phenoxy) is 6. The van der Waals surface area contributed by atoms with Crippen molar-refractivity contribution in [3.63, 3.8) is 0 Å². The molecule has 20 nitrogen and oxygen atoms in total. The van der Waals surface area contributed by atoms with Gasteiger partial charge >= 0.3 is 35.1 Å². The minimum Gasteiger partial charge on any atom is -0.458 e. The molecule has 0 saturated heterocycles. The van der Waals surface area contributed by atoms with Crippen molar-refractivity contribution >= 4 is 96.5 Å². The minimum atomic E-state index is -2.87. The molecule has 0 N–H and O–H groups in total. The van der Waals surface area contributed by atoms with Gasteiger partial charge in [0.25, 0.3) is 0 Å². The molecule has 2 aliphatic heterocycles. The third-order valence-electron chi connectivity index (χ3n) is 16.4. The van der Waals surface area contributed by atoms with Crippen LogP contribution in [0.25, 0.3) is 16.7 Å². The molecule has 2 aromatic heterocycles. The standard InChI is InChI=1S/C75H46N8O12S2/c1-3-19-51-50(4-2)62(84)60(58(51)48(34-76)35-77)80-72-82-66-64(96-72)54-30-46-33-57-55(31-47(46)32-56(54)94-74(66,68(86)90-38-42-20-9-5-10-21-42)69(87)91-39-43-22-11-6-12-23-43)65-67(83-73(97-65)81-61-59(49(36-78)37-79)52-28-17-18-29-53(52)63(61)85)75(95-57,70(88)92-40-44-24-13-7-14-25-44)71(89)93-41-45-26-15-8-16-27-45/h3-33,46-47H,1,38-41H2,2H3/b50-4+,51-19+,80-60-,81-61-. The number of carbonyl (C=O) groups is 6. The molecule has 4 heterocycles. The van der Waals surface area contributed by atoms with Crippen LogP contribution < -0.4 is 0 Å². The first-order chi connectivity index (χ1) is 47.3. The molecule has 5 aromatic carbocycles. The number of Topliss-reactive ketones (excluding diaryl/α,β-unsaturated/α-hetero) is 2. The molecule has 13 rings (SSSR count). The van der Waals surface area contributed by atoms with Gasteiger partial charge in [0.15, 0.2) is 0 Å². The van der Waals surface area contributed by atoms with Gasteiger partial charge < -0.3 is 28.4 Å². The van der Waals surface area contributed by atoms with Crippen LogP contribution in [0.1, 0.15) is 66.2 Å². The zero-order valence-electron chi connectivity index (χ0n) is 50.9. The lowest BCUT2D eigenvalue weighted by Crippen LogP contribution is -2.51. The number of rotatable bonds is 15. The number of nitriles is 4. The fraction of sp³-hybridized carbons (Fsp3) is 0.120. The Labute approximate surface area is 560 Å². The van der Waals surface area contributed by atoms with Gasteiger partial charge in [-0.05, 0) is 52.5 Å². The van der Waals surface area contributed by atoms with Crippen LogP contribution in [0.5, 0.6) is 0 Å². The molecule has 0 amide bonds. The number of aromatic nitrogens is 2. The van der Waals surface area contributed by atoms with E-state index in [4.69, 9.17) is 48.4 Å². The summed E-state index contributed by atoms with van der Waals surface area (Å²) in [5.41, 5.74) is -4.68. The average molecular weight is 1320 g/mol. The van der Waals surface area contributed by atoms with Gasteiger partial charge in [0.2, 0.25) is 21.8 Å². The summed E-state index contributed by atoms with van der Waals surface area (Å²) in [6.07, 6.45) is 11.1. The fourth-order valence-electron chi connectivity index (χ4n) is 11.8. The van der Waals surface area contributed by atoms with Crippen molar-refractivity contribution in [1.29, 1.82) is 21.0 Å². The molecule has 0 radical (unpaired) electrons. The summed E-state index contributed by atoms with van der Waals surface area (Å²) in [5.74, 6) is -7.99. The number of aliphatic imine (C=N–C) groups is 2. The Hall–Kier alpha value is -12.9. The summed E-state index contributed by atoms with van der Waals surface area (Å²) in [5, 5.41) is 40.5. The number of thiazole rings is 2. The highest BCUT2D eigenvalue weighted by atomic mass is 32.1. The van der Waals surface area contributed by atoms with Crippen molar-refractivity contribution < 1.29 is 57.2 Å². The van der Waals surface area contributed by atoms with E-state index >= 15 is 19.2 Å². The zero-order valence-corrected chi connectivity index (χ0v) is 52.5. The van der Waals surface area contributed by atoms with E-state index in [9.17, 15) is 30.6 Å². The smallest absolute Gasteiger partial charge is 0.369 e. The van der Waals surface area contributed by atoms with Gasteiger partial charge in [0.1, 0.15) is 96.2 Å². The molecule has 2 unspecified atom stereocenters. The van der Waals surface area contributed by atoms with Crippen molar-refractivity contribution in [2.24, 2.45) is 21.8 Å². The van der Waals surface area contributed by atoms with Crippen LogP contribution >= 0.6 is 22.7 Å². The van der Waals surface area contributed by atoms with Gasteiger partial charge in [0.05, 0.1) is 9.75 Å². The van der Waals surface area contributed by atoms with E-state index < -0.39 is 69.6 Å². The number of nitrogens with zero attached hydrogens (tertiary/aromatic N) is 8. The van der Waals surface area contributed by atoms with E-state index in [1.54, 1.807) is 171 Å². The van der Waals surface area contributed by atoms with Crippen molar-refractivity contribution in [2.75, 3.05) is 0 Å². The van der Waals surface area contributed by atoms with Gasteiger partial charge in [-0.1, -0.05) is 205 Å². The summed E-state index contributed by atoms with van der Waals surface area (Å²) in [6, 6.07) is 48.5. The van der Waals surface area contributed by atoms with Crippen molar-refractivity contribution in [3.05, 3.63) is 289 Å². The first-order valence-corrected chi connectivity index (χ1v) is 31.5. The number of allylic oxidation sites excluding steroid dienone is 15. The molecule has 0 spiro atoms. The summed E-state index contributed by atoms with van der Waals surface area (Å²) in [7, 11) is 0. The second kappa shape index (κ2) is 26.3. The Kier molecular flexibility index (Phi) is 17.0. The zero-order chi connectivity index (χ0) is 67.5. The van der Waals surface area contributed by atoms with E-state index in [0.29, 0.717) is 22.3 Å². The van der Waals surface area contributed by atoms with E-state index in [1.807, 2.05) is 24.3 Å². The van der Waals surface area contributed by atoms with Crippen LogP contribution in [-0.4, -0.2) is 56.8 Å². The molecule has 22 heteroatoms. The largest absolute Gasteiger partial charge is 0.458 e. The molecule has 1 fully saturated rings. The van der Waals surface area contributed by atoms with Crippen LogP contribution in [-0.2, 0) is 90.0 Å². The maximum Gasteiger partial charge on any atom is 0.369 e. The molecule has 0 bridgehead atoms. The van der Waals surface area contributed by atoms with E-state index in [2.05, 4.69) is 6.58 Å². The molecule has 2 atom stereocenters. The predicted molar refractivity (Wildman–Crippen MR) is 352 cm³/mol. The molecule has 7 aromatic rings. The summed E-state index contributed by atoms with van der Waals surface area (Å²) in [4.78, 5) is 110. The molecule has 6 aliphatic rings. The Balaban J connectivity index is 1.01. The highest BCUT2D eigenvalue weighted by Gasteiger charge is 2.63. The lowest BCUT2D eigenvalue weighted by atomic mass is 9.76. The molecular formula is C75H46N8O12S2. The molecule has 470 valence electrons. The first kappa shape index (κ1) is 62.9. The normalized spacial score (nSPS) is 18.7. The summed E-state index contributed by atoms with van der Waals surface area (Å²) in [6.45, 7) is 3.98. The monoisotopic (exact) mass is 1310 g/mol. The lowest BCUT2D eigenvalue weighted by molar-refractivity contribution is -0.191. The fourth-order valence-corrected chi connectivity index (χ4v) is 13.9. The van der Waals surface area contributed by atoms with Crippen LogP contribution in [0.3, 0.4) is 0 Å². The van der Waals surface area contributed by atoms with Crippen molar-refractivity contribution in [1.82, 2.24) is 9.97 Å². The maximum absolute atomic E-state index is 15.4. The minimum absolute atomic E-state index is 0.0514. The number of carbonyl (C=O) groups excluding carboxylic acids is 6. The van der Waals surface area contributed by atoms with Gasteiger partial charge in [-0.3, -0.25) is 9.59 Å². The van der Waals surface area contributed by atoms with Crippen LogP contribution in [0.4, 0.5) is 10.3 Å². The lowest BCUT2D eigenvalue weighted by Gasteiger charge is -2.40. The Morgan fingerprint density at radius 2 is 0.876 bits per heavy atom. The topological polar surface area (TPSA) is 303 Å². The van der Waals surface area contributed by atoms with Gasteiger partial charge in [-0.2, -0.15) is 21.0 Å². The molecule has 1 saturated carbocycles. The van der Waals surface area contributed by atoms with Crippen molar-refractivity contribution in [3.8, 4) is 24.3 Å². The Morgan fingerprint density at radius 3 is 1.25 bits per heavy atom. The SMILES string of the molecule is C=C/C=C1/C(=C(C#N)C#N)/C(=N/c2nc3c(s2)C2=CC4C=C5OC(C(=O)OCc6ccccc6)(C(=O)OCc6ccccc6)c6nc(/N=C7\C(=O)c8ccccc8C7=C(C#N)C#N)sc6C5=CC4C=C2OC3(C(=O)OCc2ccccc2)C(=O)OCc2ccccc2)C(=O)/C1=C/C. The average Bonchev–Trinajstić information content (AvgIpc) is 1.68. The Bertz CT molecular complexity index is 4950. The van der Waals surface area contributed by atoms with Gasteiger partial charge in [-0.25, -0.2) is 39.1 Å². The van der Waals surface area contributed by atoms with Crippen LogP contribution in [0, 0.1) is 57.2 Å². The van der Waals surface area contributed by atoms with E-state index in [-0.39, 0.29) is 125 Å². The summed E-state index contributed by atoms with van der Waals surface area (Å²) < 4.78 is 37.8. The van der Waals surface area contributed by atoms with Crippen molar-refractivity contribution in [2.45, 2.75) is 44.6 Å². The third kappa shape index (κ3) is 11.2. The number of hydrogen-bond donors (Lipinski definition) is 0. The molecule has 97 heavy (non-hydrogen) atoms. The highest BCUT2D eigenvalue weighted by molar-refractivity contribution is 7.17.